The first-order chi connectivity index (χ1) is 7.66. The second-order valence-corrected chi connectivity index (χ2v) is 6.19. The van der Waals surface area contributed by atoms with E-state index in [9.17, 15) is 0 Å². The molecule has 0 saturated heterocycles. The van der Waals surface area contributed by atoms with Crippen molar-refractivity contribution in [1.82, 2.24) is 0 Å². The summed E-state index contributed by atoms with van der Waals surface area (Å²) in [4.78, 5) is 0. The van der Waals surface area contributed by atoms with Crippen LogP contribution in [0.25, 0.3) is 0 Å². The Morgan fingerprint density at radius 3 is 2.75 bits per heavy atom. The smallest absolute Gasteiger partial charge is 0.0178 e. The minimum absolute atomic E-state index is 0.909. The second-order valence-electron chi connectivity index (χ2n) is 5.28. The zero-order valence-electron chi connectivity index (χ0n) is 10.3. The van der Waals surface area contributed by atoms with Crippen molar-refractivity contribution in [3.8, 4) is 0 Å². The normalized spacial score (nSPS) is 18.2. The molecule has 0 nitrogen and oxygen atoms in total. The van der Waals surface area contributed by atoms with Gasteiger partial charge in [0, 0.05) is 4.47 Å². The summed E-state index contributed by atoms with van der Waals surface area (Å²) < 4.78 is 1.21. The summed E-state index contributed by atoms with van der Waals surface area (Å²) in [6, 6.07) is 6.63. The molecule has 0 amide bonds. The molecule has 0 spiro atoms. The van der Waals surface area contributed by atoms with Crippen molar-refractivity contribution < 1.29 is 0 Å². The third kappa shape index (κ3) is 2.88. The number of aryl methyl sites for hydroxylation is 2. The number of hydrogen-bond donors (Lipinski definition) is 0. The molecule has 1 unspecified atom stereocenters. The van der Waals surface area contributed by atoms with Crippen molar-refractivity contribution in [3.05, 3.63) is 33.8 Å². The van der Waals surface area contributed by atoms with Gasteiger partial charge in [-0.1, -0.05) is 48.2 Å². The molecule has 1 atom stereocenters. The molecule has 0 aromatic heterocycles. The van der Waals surface area contributed by atoms with Crippen LogP contribution in [0.4, 0.5) is 0 Å². The molecule has 1 fully saturated rings. The van der Waals surface area contributed by atoms with E-state index >= 15 is 0 Å². The quantitative estimate of drug-likeness (QED) is 0.718. The summed E-state index contributed by atoms with van der Waals surface area (Å²) in [5, 5.41) is 0. The SMILES string of the molecule is Cc1ccc(Br)cc1CCC(C)C1CCC1. The standard InChI is InChI=1S/C15H21Br/c1-11(13-4-3-5-13)6-8-14-10-15(16)9-7-12(14)2/h7,9-11,13H,3-6,8H2,1-2H3. The van der Waals surface area contributed by atoms with Crippen LogP contribution in [-0.2, 0) is 6.42 Å². The molecule has 2 rings (SSSR count). The fourth-order valence-corrected chi connectivity index (χ4v) is 2.95. The Labute approximate surface area is 108 Å². The maximum atomic E-state index is 3.56. The van der Waals surface area contributed by atoms with Crippen LogP contribution in [0.3, 0.4) is 0 Å². The zero-order chi connectivity index (χ0) is 11.5. The minimum Gasteiger partial charge on any atom is -0.0622 e. The predicted octanol–water partition coefficient (Wildman–Crippen LogP) is 5.13. The van der Waals surface area contributed by atoms with Crippen LogP contribution in [0.2, 0.25) is 0 Å². The van der Waals surface area contributed by atoms with Crippen LogP contribution in [0.1, 0.15) is 43.7 Å². The lowest BCUT2D eigenvalue weighted by Gasteiger charge is -2.31. The molecule has 1 aliphatic rings. The molecule has 1 aromatic rings. The number of halogens is 1. The summed E-state index contributed by atoms with van der Waals surface area (Å²) >= 11 is 3.56. The van der Waals surface area contributed by atoms with E-state index in [4.69, 9.17) is 0 Å². The molecule has 1 heteroatoms. The van der Waals surface area contributed by atoms with E-state index in [1.807, 2.05) is 0 Å². The monoisotopic (exact) mass is 280 g/mol. The van der Waals surface area contributed by atoms with Gasteiger partial charge < -0.3 is 0 Å². The summed E-state index contributed by atoms with van der Waals surface area (Å²) in [5.74, 6) is 1.93. The summed E-state index contributed by atoms with van der Waals surface area (Å²) in [6.07, 6.45) is 6.99. The van der Waals surface area contributed by atoms with Gasteiger partial charge in [-0.05, 0) is 54.9 Å². The largest absolute Gasteiger partial charge is 0.0622 e. The van der Waals surface area contributed by atoms with Crippen molar-refractivity contribution in [2.45, 2.75) is 46.0 Å². The van der Waals surface area contributed by atoms with E-state index in [1.165, 1.54) is 47.7 Å². The highest BCUT2D eigenvalue weighted by Crippen LogP contribution is 2.35. The van der Waals surface area contributed by atoms with Crippen LogP contribution in [0.5, 0.6) is 0 Å². The lowest BCUT2D eigenvalue weighted by molar-refractivity contribution is 0.211. The number of hydrogen-bond acceptors (Lipinski definition) is 0. The molecule has 0 heterocycles. The Balaban J connectivity index is 1.90. The van der Waals surface area contributed by atoms with E-state index in [0.717, 1.165) is 11.8 Å². The van der Waals surface area contributed by atoms with Gasteiger partial charge in [-0.15, -0.1) is 0 Å². The Morgan fingerprint density at radius 2 is 2.12 bits per heavy atom. The van der Waals surface area contributed by atoms with Crippen molar-refractivity contribution >= 4 is 15.9 Å². The van der Waals surface area contributed by atoms with Gasteiger partial charge in [0.2, 0.25) is 0 Å². The van der Waals surface area contributed by atoms with Gasteiger partial charge in [0.25, 0.3) is 0 Å². The highest BCUT2D eigenvalue weighted by molar-refractivity contribution is 9.10. The van der Waals surface area contributed by atoms with Crippen molar-refractivity contribution in [1.29, 1.82) is 0 Å². The van der Waals surface area contributed by atoms with Gasteiger partial charge in [0.1, 0.15) is 0 Å². The van der Waals surface area contributed by atoms with Crippen LogP contribution in [0.15, 0.2) is 22.7 Å². The first-order valence-corrected chi connectivity index (χ1v) is 7.21. The average molecular weight is 281 g/mol. The second kappa shape index (κ2) is 5.35. The fraction of sp³-hybridized carbons (Fsp3) is 0.600. The highest BCUT2D eigenvalue weighted by atomic mass is 79.9. The minimum atomic E-state index is 0.909. The van der Waals surface area contributed by atoms with E-state index in [0.29, 0.717) is 0 Å². The maximum absolute atomic E-state index is 3.56. The van der Waals surface area contributed by atoms with Crippen LogP contribution in [-0.4, -0.2) is 0 Å². The molecule has 0 N–H and O–H groups in total. The topological polar surface area (TPSA) is 0 Å². The van der Waals surface area contributed by atoms with Crippen molar-refractivity contribution in [2.75, 3.05) is 0 Å². The maximum Gasteiger partial charge on any atom is 0.0178 e. The van der Waals surface area contributed by atoms with Gasteiger partial charge in [0.15, 0.2) is 0 Å². The van der Waals surface area contributed by atoms with Gasteiger partial charge in [-0.25, -0.2) is 0 Å². The molecule has 1 aliphatic carbocycles. The van der Waals surface area contributed by atoms with Gasteiger partial charge in [-0.2, -0.15) is 0 Å². The van der Waals surface area contributed by atoms with Crippen molar-refractivity contribution in [3.63, 3.8) is 0 Å². The third-order valence-corrected chi connectivity index (χ3v) is 4.63. The molecule has 16 heavy (non-hydrogen) atoms. The molecular weight excluding hydrogens is 260 g/mol. The molecule has 0 radical (unpaired) electrons. The van der Waals surface area contributed by atoms with E-state index in [2.05, 4.69) is 48.0 Å². The van der Waals surface area contributed by atoms with Crippen LogP contribution in [0, 0.1) is 18.8 Å². The summed E-state index contributed by atoms with van der Waals surface area (Å²) in [7, 11) is 0. The molecule has 88 valence electrons. The first-order valence-electron chi connectivity index (χ1n) is 6.42. The fourth-order valence-electron chi connectivity index (χ4n) is 2.54. The lowest BCUT2D eigenvalue weighted by atomic mass is 9.74. The third-order valence-electron chi connectivity index (χ3n) is 4.13. The zero-order valence-corrected chi connectivity index (χ0v) is 11.9. The molecule has 1 aromatic carbocycles. The van der Waals surface area contributed by atoms with Crippen molar-refractivity contribution in [2.24, 2.45) is 11.8 Å². The van der Waals surface area contributed by atoms with Crippen LogP contribution < -0.4 is 0 Å². The predicted molar refractivity (Wildman–Crippen MR) is 73.7 cm³/mol. The van der Waals surface area contributed by atoms with Crippen LogP contribution >= 0.6 is 15.9 Å². The van der Waals surface area contributed by atoms with Gasteiger partial charge in [-0.3, -0.25) is 0 Å². The summed E-state index contributed by atoms with van der Waals surface area (Å²) in [5.41, 5.74) is 2.95. The molecule has 0 bridgehead atoms. The Hall–Kier alpha value is -0.300. The Bertz CT molecular complexity index is 352. The summed E-state index contributed by atoms with van der Waals surface area (Å²) in [6.45, 7) is 4.65. The van der Waals surface area contributed by atoms with E-state index in [-0.39, 0.29) is 0 Å². The molecular formula is C15H21Br. The van der Waals surface area contributed by atoms with Gasteiger partial charge in [0.05, 0.1) is 0 Å². The molecule has 1 saturated carbocycles. The average Bonchev–Trinajstić information content (AvgIpc) is 2.17. The van der Waals surface area contributed by atoms with Gasteiger partial charge >= 0.3 is 0 Å². The lowest BCUT2D eigenvalue weighted by Crippen LogP contribution is -2.20. The number of rotatable bonds is 4. The Kier molecular flexibility index (Phi) is 4.07. The first kappa shape index (κ1) is 12.2. The molecule has 0 aliphatic heterocycles. The highest BCUT2D eigenvalue weighted by Gasteiger charge is 2.23. The Morgan fingerprint density at radius 1 is 1.38 bits per heavy atom. The number of benzene rings is 1. The van der Waals surface area contributed by atoms with E-state index in [1.54, 1.807) is 0 Å². The van der Waals surface area contributed by atoms with E-state index < -0.39 is 0 Å².